The average Bonchev–Trinajstić information content (AvgIpc) is 2.38. The first-order valence-electron chi connectivity index (χ1n) is 7.15. The van der Waals surface area contributed by atoms with Crippen LogP contribution in [0.15, 0.2) is 36.4 Å². The molecule has 0 radical (unpaired) electrons. The van der Waals surface area contributed by atoms with E-state index < -0.39 is 5.60 Å². The van der Waals surface area contributed by atoms with Gasteiger partial charge in [-0.3, -0.25) is 0 Å². The number of fused-ring (bicyclic) bond motifs is 2. The Morgan fingerprint density at radius 1 is 1.05 bits per heavy atom. The molecule has 1 aliphatic heterocycles. The van der Waals surface area contributed by atoms with Crippen molar-refractivity contribution in [3.05, 3.63) is 53.1 Å². The van der Waals surface area contributed by atoms with Crippen molar-refractivity contribution in [1.29, 1.82) is 0 Å². The lowest BCUT2D eigenvalue weighted by Crippen LogP contribution is -2.26. The maximum absolute atomic E-state index is 10.3. The highest BCUT2D eigenvalue weighted by Gasteiger charge is 2.35. The first-order chi connectivity index (χ1) is 9.71. The number of rotatable bonds is 1. The predicted molar refractivity (Wildman–Crippen MR) is 84.7 cm³/mol. The van der Waals surface area contributed by atoms with Crippen LogP contribution in [0.4, 0.5) is 5.69 Å². The summed E-state index contributed by atoms with van der Waals surface area (Å²) in [6.07, 6.45) is 0. The van der Waals surface area contributed by atoms with Crippen LogP contribution in [0, 0.1) is 0 Å². The summed E-state index contributed by atoms with van der Waals surface area (Å²) >= 11 is 0. The second-order valence-corrected chi connectivity index (χ2v) is 6.72. The SMILES string of the molecule is CC(C)(O)c1cc2c(cc1N)C(C)(C)c1ccccc1O2. The molecule has 0 aromatic heterocycles. The third kappa shape index (κ3) is 2.09. The lowest BCUT2D eigenvalue weighted by atomic mass is 9.75. The van der Waals surface area contributed by atoms with Crippen molar-refractivity contribution in [2.45, 2.75) is 38.7 Å². The van der Waals surface area contributed by atoms with Gasteiger partial charge in [0.15, 0.2) is 0 Å². The molecule has 21 heavy (non-hydrogen) atoms. The fraction of sp³-hybridized carbons (Fsp3) is 0.333. The monoisotopic (exact) mass is 283 g/mol. The van der Waals surface area contributed by atoms with Gasteiger partial charge >= 0.3 is 0 Å². The number of hydrogen-bond donors (Lipinski definition) is 2. The molecule has 3 heteroatoms. The van der Waals surface area contributed by atoms with E-state index in [1.807, 2.05) is 30.3 Å². The molecule has 0 saturated heterocycles. The van der Waals surface area contributed by atoms with Crippen LogP contribution in [0.1, 0.15) is 44.4 Å². The second-order valence-electron chi connectivity index (χ2n) is 6.72. The van der Waals surface area contributed by atoms with Gasteiger partial charge in [0.25, 0.3) is 0 Å². The Hall–Kier alpha value is -2.00. The van der Waals surface area contributed by atoms with E-state index in [1.165, 1.54) is 0 Å². The van der Waals surface area contributed by atoms with Gasteiger partial charge in [0.05, 0.1) is 5.60 Å². The summed E-state index contributed by atoms with van der Waals surface area (Å²) in [5.41, 5.74) is 8.46. The molecular weight excluding hydrogens is 262 g/mol. The zero-order valence-corrected chi connectivity index (χ0v) is 12.9. The Morgan fingerprint density at radius 3 is 2.38 bits per heavy atom. The van der Waals surface area contributed by atoms with Crippen LogP contribution in [0.2, 0.25) is 0 Å². The van der Waals surface area contributed by atoms with Gasteiger partial charge < -0.3 is 15.6 Å². The summed E-state index contributed by atoms with van der Waals surface area (Å²) < 4.78 is 6.04. The molecule has 0 amide bonds. The van der Waals surface area contributed by atoms with Crippen molar-refractivity contribution in [3.63, 3.8) is 0 Å². The Morgan fingerprint density at radius 2 is 1.71 bits per heavy atom. The molecule has 110 valence electrons. The largest absolute Gasteiger partial charge is 0.457 e. The van der Waals surface area contributed by atoms with Gasteiger partial charge in [0.2, 0.25) is 0 Å². The van der Waals surface area contributed by atoms with E-state index in [1.54, 1.807) is 13.8 Å². The van der Waals surface area contributed by atoms with Crippen LogP contribution < -0.4 is 10.5 Å². The number of ether oxygens (including phenoxy) is 1. The van der Waals surface area contributed by atoms with Crippen molar-refractivity contribution in [3.8, 4) is 11.5 Å². The van der Waals surface area contributed by atoms with Crippen molar-refractivity contribution in [2.75, 3.05) is 5.73 Å². The minimum atomic E-state index is -0.996. The summed E-state index contributed by atoms with van der Waals surface area (Å²) in [6, 6.07) is 11.8. The molecule has 0 fully saturated rings. The lowest BCUT2D eigenvalue weighted by Gasteiger charge is -2.35. The number of para-hydroxylation sites is 1. The van der Waals surface area contributed by atoms with Gasteiger partial charge in [-0.2, -0.15) is 0 Å². The minimum Gasteiger partial charge on any atom is -0.457 e. The van der Waals surface area contributed by atoms with E-state index in [2.05, 4.69) is 19.9 Å². The second kappa shape index (κ2) is 4.25. The van der Waals surface area contributed by atoms with Crippen LogP contribution in [0.3, 0.4) is 0 Å². The Bertz CT molecular complexity index is 712. The molecular formula is C18H21NO2. The number of benzene rings is 2. The molecule has 0 unspecified atom stereocenters. The van der Waals surface area contributed by atoms with E-state index in [0.29, 0.717) is 11.3 Å². The number of nitrogen functional groups attached to an aromatic ring is 1. The number of aliphatic hydroxyl groups is 1. The molecule has 2 aromatic carbocycles. The van der Waals surface area contributed by atoms with Crippen LogP contribution in [0.5, 0.6) is 11.5 Å². The predicted octanol–water partition coefficient (Wildman–Crippen LogP) is 3.93. The zero-order chi connectivity index (χ0) is 15.4. The van der Waals surface area contributed by atoms with Crippen molar-refractivity contribution >= 4 is 5.69 Å². The van der Waals surface area contributed by atoms with Gasteiger partial charge in [-0.15, -0.1) is 0 Å². The van der Waals surface area contributed by atoms with E-state index >= 15 is 0 Å². The number of anilines is 1. The van der Waals surface area contributed by atoms with Gasteiger partial charge in [0, 0.05) is 27.8 Å². The molecule has 1 heterocycles. The molecule has 3 N–H and O–H groups in total. The van der Waals surface area contributed by atoms with Crippen molar-refractivity contribution in [1.82, 2.24) is 0 Å². The highest BCUT2D eigenvalue weighted by atomic mass is 16.5. The van der Waals surface area contributed by atoms with Crippen molar-refractivity contribution < 1.29 is 9.84 Å². The quantitative estimate of drug-likeness (QED) is 0.780. The van der Waals surface area contributed by atoms with Gasteiger partial charge in [-0.25, -0.2) is 0 Å². The maximum Gasteiger partial charge on any atom is 0.132 e. The lowest BCUT2D eigenvalue weighted by molar-refractivity contribution is 0.0791. The molecule has 0 aliphatic carbocycles. The fourth-order valence-electron chi connectivity index (χ4n) is 3.03. The first-order valence-corrected chi connectivity index (χ1v) is 7.15. The fourth-order valence-corrected chi connectivity index (χ4v) is 3.03. The summed E-state index contributed by atoms with van der Waals surface area (Å²) in [6.45, 7) is 7.78. The van der Waals surface area contributed by atoms with Crippen LogP contribution in [-0.4, -0.2) is 5.11 Å². The number of nitrogens with two attached hydrogens (primary N) is 1. The summed E-state index contributed by atoms with van der Waals surface area (Å²) in [4.78, 5) is 0. The van der Waals surface area contributed by atoms with Crippen molar-refractivity contribution in [2.24, 2.45) is 0 Å². The van der Waals surface area contributed by atoms with Gasteiger partial charge in [0.1, 0.15) is 11.5 Å². The molecule has 0 spiro atoms. The Labute approximate surface area is 125 Å². The van der Waals surface area contributed by atoms with Gasteiger partial charge in [-0.05, 0) is 32.0 Å². The molecule has 1 aliphatic rings. The smallest absolute Gasteiger partial charge is 0.132 e. The van der Waals surface area contributed by atoms with Crippen LogP contribution in [0.25, 0.3) is 0 Å². The summed E-state index contributed by atoms with van der Waals surface area (Å²) in [5, 5.41) is 10.3. The normalized spacial score (nSPS) is 15.9. The average molecular weight is 283 g/mol. The topological polar surface area (TPSA) is 55.5 Å². The van der Waals surface area contributed by atoms with Crippen LogP contribution >= 0.6 is 0 Å². The highest BCUT2D eigenvalue weighted by molar-refractivity contribution is 5.64. The molecule has 0 atom stereocenters. The maximum atomic E-state index is 10.3. The third-order valence-electron chi connectivity index (χ3n) is 4.26. The summed E-state index contributed by atoms with van der Waals surface area (Å²) in [5.74, 6) is 1.63. The minimum absolute atomic E-state index is 0.184. The molecule has 0 saturated carbocycles. The number of hydrogen-bond acceptors (Lipinski definition) is 3. The standard InChI is InChI=1S/C18H21NO2/c1-17(2)11-7-5-6-8-15(11)21-16-10-12(18(3,4)20)14(19)9-13(16)17/h5-10,20H,19H2,1-4H3. The van der Waals surface area contributed by atoms with Gasteiger partial charge in [-0.1, -0.05) is 32.0 Å². The zero-order valence-electron chi connectivity index (χ0n) is 12.9. The third-order valence-corrected chi connectivity index (χ3v) is 4.26. The van der Waals surface area contributed by atoms with E-state index in [0.717, 1.165) is 22.6 Å². The molecule has 3 rings (SSSR count). The molecule has 0 bridgehead atoms. The van der Waals surface area contributed by atoms with E-state index in [4.69, 9.17) is 10.5 Å². The highest BCUT2D eigenvalue weighted by Crippen LogP contribution is 2.49. The Balaban J connectivity index is 2.24. The summed E-state index contributed by atoms with van der Waals surface area (Å²) in [7, 11) is 0. The molecule has 2 aromatic rings. The van der Waals surface area contributed by atoms with E-state index in [-0.39, 0.29) is 5.41 Å². The van der Waals surface area contributed by atoms with E-state index in [9.17, 15) is 5.11 Å². The van der Waals surface area contributed by atoms with Crippen LogP contribution in [-0.2, 0) is 11.0 Å². The molecule has 3 nitrogen and oxygen atoms in total. The Kier molecular flexibility index (Phi) is 2.82. The first kappa shape index (κ1) is 14.0.